The molecule has 0 aromatic heterocycles. The third kappa shape index (κ3) is 5.40. The first-order valence-electron chi connectivity index (χ1n) is 8.29. The molecule has 1 saturated heterocycles. The number of nitrogens with one attached hydrogen (secondary N) is 1. The van der Waals surface area contributed by atoms with Crippen LogP contribution in [0, 0.1) is 3.57 Å². The van der Waals surface area contributed by atoms with Crippen LogP contribution >= 0.6 is 35.0 Å². The second-order valence-corrected chi connectivity index (χ2v) is 9.17. The Morgan fingerprint density at radius 3 is 2.41 bits per heavy atom. The quantitative estimate of drug-likeness (QED) is 0.610. The maximum absolute atomic E-state index is 12.8. The normalized spacial score (nSPS) is 15.1. The van der Waals surface area contributed by atoms with Crippen molar-refractivity contribution in [2.75, 3.05) is 50.0 Å². The summed E-state index contributed by atoms with van der Waals surface area (Å²) in [6.07, 6.45) is 0. The summed E-state index contributed by atoms with van der Waals surface area (Å²) in [5.74, 6) is 0.683. The molecule has 0 aliphatic carbocycles. The average Bonchev–Trinajstić information content (AvgIpc) is 2.61. The molecule has 27 heavy (non-hydrogen) atoms. The Hall–Kier alpha value is -1.23. The number of sulfonamides is 1. The number of ether oxygens (including phenoxy) is 1. The topological polar surface area (TPSA) is 61.9 Å². The summed E-state index contributed by atoms with van der Waals surface area (Å²) in [5.41, 5.74) is 1.36. The molecule has 0 unspecified atom stereocenters. The molecule has 2 aromatic rings. The number of methoxy groups -OCH3 is 1. The van der Waals surface area contributed by atoms with Crippen LogP contribution in [-0.2, 0) is 10.0 Å². The summed E-state index contributed by atoms with van der Waals surface area (Å²) >= 11 is 2.16. The van der Waals surface area contributed by atoms with Crippen LogP contribution in [0.1, 0.15) is 0 Å². The van der Waals surface area contributed by atoms with Crippen LogP contribution in [0.3, 0.4) is 0 Å². The molecule has 0 saturated carbocycles. The number of likely N-dealkylation sites (N-methyl/N-ethyl adjacent to an activating group) is 1. The fourth-order valence-corrected chi connectivity index (χ4v) is 4.51. The number of halogens is 2. The lowest BCUT2D eigenvalue weighted by Crippen LogP contribution is -2.44. The van der Waals surface area contributed by atoms with Gasteiger partial charge in [-0.1, -0.05) is 6.07 Å². The Balaban J connectivity index is 0.00000261. The molecular formula is C18H23ClIN3O3S. The van der Waals surface area contributed by atoms with Gasteiger partial charge in [-0.15, -0.1) is 12.4 Å². The highest BCUT2D eigenvalue weighted by atomic mass is 127. The lowest BCUT2D eigenvalue weighted by molar-refractivity contribution is 0.311. The number of hydrogen-bond acceptors (Lipinski definition) is 5. The van der Waals surface area contributed by atoms with Gasteiger partial charge >= 0.3 is 0 Å². The zero-order chi connectivity index (χ0) is 18.7. The molecule has 1 aliphatic heterocycles. The SMILES string of the molecule is COc1ccc(S(=O)(=O)Nc2cccc(I)c2)cc1N1CCN(C)CC1.Cl. The zero-order valence-electron chi connectivity index (χ0n) is 15.2. The molecule has 1 heterocycles. The fourth-order valence-electron chi connectivity index (χ4n) is 2.90. The molecule has 148 valence electrons. The molecule has 0 atom stereocenters. The van der Waals surface area contributed by atoms with Gasteiger partial charge in [-0.2, -0.15) is 0 Å². The van der Waals surface area contributed by atoms with E-state index in [4.69, 9.17) is 4.74 Å². The van der Waals surface area contributed by atoms with Crippen LogP contribution in [-0.4, -0.2) is 53.7 Å². The van der Waals surface area contributed by atoms with E-state index in [9.17, 15) is 8.42 Å². The number of piperazine rings is 1. The van der Waals surface area contributed by atoms with Gasteiger partial charge in [0.1, 0.15) is 5.75 Å². The smallest absolute Gasteiger partial charge is 0.261 e. The summed E-state index contributed by atoms with van der Waals surface area (Å²) < 4.78 is 34.7. The van der Waals surface area contributed by atoms with Crippen molar-refractivity contribution in [1.29, 1.82) is 0 Å². The predicted molar refractivity (Wildman–Crippen MR) is 120 cm³/mol. The molecule has 0 spiro atoms. The van der Waals surface area contributed by atoms with Gasteiger partial charge in [0.2, 0.25) is 0 Å². The standard InChI is InChI=1S/C18H22IN3O3S.ClH/c1-21-8-10-22(11-9-21)17-13-16(6-7-18(17)25-2)26(23,24)20-15-5-3-4-14(19)12-15;/h3-7,12-13,20H,8-11H2,1-2H3;1H. The summed E-state index contributed by atoms with van der Waals surface area (Å²) in [5, 5.41) is 0. The largest absolute Gasteiger partial charge is 0.495 e. The van der Waals surface area contributed by atoms with E-state index in [0.717, 1.165) is 35.4 Å². The zero-order valence-corrected chi connectivity index (χ0v) is 19.0. The second kappa shape index (κ2) is 9.31. The molecule has 9 heteroatoms. The van der Waals surface area contributed by atoms with Crippen molar-refractivity contribution in [3.63, 3.8) is 0 Å². The van der Waals surface area contributed by atoms with E-state index in [1.165, 1.54) is 0 Å². The maximum Gasteiger partial charge on any atom is 0.261 e. The monoisotopic (exact) mass is 523 g/mol. The van der Waals surface area contributed by atoms with Crippen molar-refractivity contribution >= 4 is 56.4 Å². The maximum atomic E-state index is 12.8. The van der Waals surface area contributed by atoms with E-state index in [-0.39, 0.29) is 17.3 Å². The van der Waals surface area contributed by atoms with Gasteiger partial charge < -0.3 is 14.5 Å². The summed E-state index contributed by atoms with van der Waals surface area (Å²) in [7, 11) is 0.0154. The minimum atomic E-state index is -3.67. The highest BCUT2D eigenvalue weighted by molar-refractivity contribution is 14.1. The van der Waals surface area contributed by atoms with Crippen LogP contribution in [0.25, 0.3) is 0 Å². The first-order valence-corrected chi connectivity index (χ1v) is 10.8. The van der Waals surface area contributed by atoms with E-state index in [1.807, 2.05) is 12.1 Å². The van der Waals surface area contributed by atoms with Gasteiger partial charge in [0.25, 0.3) is 10.0 Å². The molecule has 0 bridgehead atoms. The highest BCUT2D eigenvalue weighted by Gasteiger charge is 2.22. The minimum absolute atomic E-state index is 0. The van der Waals surface area contributed by atoms with Crippen molar-refractivity contribution in [1.82, 2.24) is 4.90 Å². The lowest BCUT2D eigenvalue weighted by Gasteiger charge is -2.34. The second-order valence-electron chi connectivity index (χ2n) is 6.24. The Morgan fingerprint density at radius 2 is 1.78 bits per heavy atom. The molecule has 1 aliphatic rings. The van der Waals surface area contributed by atoms with E-state index in [2.05, 4.69) is 44.2 Å². The molecule has 0 amide bonds. The van der Waals surface area contributed by atoms with Crippen molar-refractivity contribution in [3.05, 3.63) is 46.0 Å². The molecule has 1 N–H and O–H groups in total. The highest BCUT2D eigenvalue weighted by Crippen LogP contribution is 2.32. The van der Waals surface area contributed by atoms with Crippen LogP contribution in [0.2, 0.25) is 0 Å². The summed E-state index contributed by atoms with van der Waals surface area (Å²) in [4.78, 5) is 4.65. The van der Waals surface area contributed by atoms with Gasteiger partial charge in [0, 0.05) is 35.4 Å². The summed E-state index contributed by atoms with van der Waals surface area (Å²) in [6.45, 7) is 3.53. The van der Waals surface area contributed by atoms with Gasteiger partial charge in [-0.05, 0) is 66.0 Å². The molecular weight excluding hydrogens is 501 g/mol. The fraction of sp³-hybridized carbons (Fsp3) is 0.333. The average molecular weight is 524 g/mol. The Morgan fingerprint density at radius 1 is 1.07 bits per heavy atom. The van der Waals surface area contributed by atoms with E-state index < -0.39 is 10.0 Å². The van der Waals surface area contributed by atoms with Crippen molar-refractivity contribution in [3.8, 4) is 5.75 Å². The van der Waals surface area contributed by atoms with Gasteiger partial charge in [0.05, 0.1) is 17.7 Å². The van der Waals surface area contributed by atoms with Crippen LogP contribution in [0.5, 0.6) is 5.75 Å². The van der Waals surface area contributed by atoms with Crippen molar-refractivity contribution < 1.29 is 13.2 Å². The number of anilines is 2. The number of benzene rings is 2. The first kappa shape index (κ1) is 22.1. The van der Waals surface area contributed by atoms with Crippen LogP contribution in [0.15, 0.2) is 47.4 Å². The van der Waals surface area contributed by atoms with Gasteiger partial charge in [-0.3, -0.25) is 4.72 Å². The van der Waals surface area contributed by atoms with E-state index in [0.29, 0.717) is 11.4 Å². The Labute approximate surface area is 180 Å². The number of hydrogen-bond donors (Lipinski definition) is 1. The molecule has 6 nitrogen and oxygen atoms in total. The van der Waals surface area contributed by atoms with E-state index >= 15 is 0 Å². The molecule has 3 rings (SSSR count). The predicted octanol–water partition coefficient (Wildman–Crippen LogP) is 3.27. The van der Waals surface area contributed by atoms with Gasteiger partial charge in [0.15, 0.2) is 0 Å². The van der Waals surface area contributed by atoms with Gasteiger partial charge in [-0.25, -0.2) is 8.42 Å². The first-order chi connectivity index (χ1) is 12.4. The molecule has 0 radical (unpaired) electrons. The minimum Gasteiger partial charge on any atom is -0.495 e. The summed E-state index contributed by atoms with van der Waals surface area (Å²) in [6, 6.07) is 12.3. The number of rotatable bonds is 5. The third-order valence-electron chi connectivity index (χ3n) is 4.38. The molecule has 2 aromatic carbocycles. The third-order valence-corrected chi connectivity index (χ3v) is 6.43. The van der Waals surface area contributed by atoms with Crippen molar-refractivity contribution in [2.45, 2.75) is 4.90 Å². The van der Waals surface area contributed by atoms with E-state index in [1.54, 1.807) is 37.4 Å². The Bertz CT molecular complexity index is 887. The Kier molecular flexibility index (Phi) is 7.61. The lowest BCUT2D eigenvalue weighted by atomic mass is 10.2. The van der Waals surface area contributed by atoms with Crippen molar-refractivity contribution in [2.24, 2.45) is 0 Å². The van der Waals surface area contributed by atoms with Crippen LogP contribution < -0.4 is 14.4 Å². The van der Waals surface area contributed by atoms with Crippen LogP contribution in [0.4, 0.5) is 11.4 Å². The molecule has 1 fully saturated rings. The number of nitrogens with zero attached hydrogens (tertiary/aromatic N) is 2.